The average Bonchev–Trinajstić information content (AvgIpc) is 2.69. The van der Waals surface area contributed by atoms with Crippen LogP contribution in [0.1, 0.15) is 10.4 Å². The molecule has 27 heavy (non-hydrogen) atoms. The SMILES string of the molecule is O=C(Oc1ccc(-c2coc3cc(O)ccc3c2=O)cc1)c1ccccc1. The molecule has 0 amide bonds. The molecule has 0 bridgehead atoms. The van der Waals surface area contributed by atoms with Gasteiger partial charge in [-0.05, 0) is 42.0 Å². The van der Waals surface area contributed by atoms with E-state index in [1.807, 2.05) is 6.07 Å². The summed E-state index contributed by atoms with van der Waals surface area (Å²) < 4.78 is 10.8. The lowest BCUT2D eigenvalue weighted by atomic mass is 10.1. The predicted octanol–water partition coefficient (Wildman–Crippen LogP) is 4.38. The Morgan fingerprint density at radius 3 is 2.41 bits per heavy atom. The fourth-order valence-electron chi connectivity index (χ4n) is 2.76. The molecule has 0 unspecified atom stereocenters. The second kappa shape index (κ2) is 6.80. The molecule has 0 aliphatic carbocycles. The Morgan fingerprint density at radius 2 is 1.67 bits per heavy atom. The molecular weight excluding hydrogens is 344 g/mol. The van der Waals surface area contributed by atoms with E-state index in [9.17, 15) is 14.7 Å². The number of fused-ring (bicyclic) bond motifs is 1. The van der Waals surface area contributed by atoms with Gasteiger partial charge in [-0.2, -0.15) is 0 Å². The Labute approximate surface area is 154 Å². The maximum Gasteiger partial charge on any atom is 0.343 e. The van der Waals surface area contributed by atoms with Gasteiger partial charge in [-0.3, -0.25) is 4.79 Å². The average molecular weight is 358 g/mol. The van der Waals surface area contributed by atoms with Gasteiger partial charge in [0.15, 0.2) is 5.43 Å². The highest BCUT2D eigenvalue weighted by Crippen LogP contribution is 2.24. The van der Waals surface area contributed by atoms with Gasteiger partial charge in [0.1, 0.15) is 23.3 Å². The third kappa shape index (κ3) is 3.30. The topological polar surface area (TPSA) is 76.7 Å². The van der Waals surface area contributed by atoms with Crippen LogP contribution < -0.4 is 10.2 Å². The molecule has 132 valence electrons. The van der Waals surface area contributed by atoms with Gasteiger partial charge < -0.3 is 14.3 Å². The molecule has 0 spiro atoms. The van der Waals surface area contributed by atoms with Gasteiger partial charge in [-0.25, -0.2) is 4.79 Å². The van der Waals surface area contributed by atoms with Gasteiger partial charge in [0.05, 0.1) is 16.5 Å². The van der Waals surface area contributed by atoms with Gasteiger partial charge >= 0.3 is 5.97 Å². The predicted molar refractivity (Wildman–Crippen MR) is 101 cm³/mol. The third-order valence-electron chi connectivity index (χ3n) is 4.14. The van der Waals surface area contributed by atoms with Crippen LogP contribution in [0.25, 0.3) is 22.1 Å². The fourth-order valence-corrected chi connectivity index (χ4v) is 2.76. The van der Waals surface area contributed by atoms with E-state index < -0.39 is 5.97 Å². The summed E-state index contributed by atoms with van der Waals surface area (Å²) in [4.78, 5) is 24.8. The summed E-state index contributed by atoms with van der Waals surface area (Å²) >= 11 is 0. The van der Waals surface area contributed by atoms with Crippen LogP contribution in [-0.2, 0) is 0 Å². The molecule has 1 N–H and O–H groups in total. The number of carbonyl (C=O) groups excluding carboxylic acids is 1. The number of hydrogen-bond donors (Lipinski definition) is 1. The highest BCUT2D eigenvalue weighted by Gasteiger charge is 2.11. The lowest BCUT2D eigenvalue weighted by Gasteiger charge is -2.06. The van der Waals surface area contributed by atoms with E-state index in [0.29, 0.717) is 33.4 Å². The summed E-state index contributed by atoms with van der Waals surface area (Å²) in [7, 11) is 0. The molecule has 1 heterocycles. The van der Waals surface area contributed by atoms with Crippen LogP contribution in [0.5, 0.6) is 11.5 Å². The molecule has 0 atom stereocenters. The fraction of sp³-hybridized carbons (Fsp3) is 0. The van der Waals surface area contributed by atoms with E-state index in [2.05, 4.69) is 0 Å². The van der Waals surface area contributed by atoms with E-state index in [4.69, 9.17) is 9.15 Å². The van der Waals surface area contributed by atoms with Crippen molar-refractivity contribution in [1.82, 2.24) is 0 Å². The molecule has 0 aliphatic rings. The van der Waals surface area contributed by atoms with Crippen molar-refractivity contribution in [2.24, 2.45) is 0 Å². The van der Waals surface area contributed by atoms with E-state index in [1.165, 1.54) is 24.5 Å². The van der Waals surface area contributed by atoms with Gasteiger partial charge in [0.25, 0.3) is 0 Å². The first-order valence-corrected chi connectivity index (χ1v) is 8.24. The Balaban J connectivity index is 1.62. The molecule has 4 aromatic rings. The molecule has 1 aromatic heterocycles. The van der Waals surface area contributed by atoms with Crippen LogP contribution in [-0.4, -0.2) is 11.1 Å². The molecule has 0 radical (unpaired) electrons. The number of phenolic OH excluding ortho intramolecular Hbond substituents is 1. The zero-order chi connectivity index (χ0) is 18.8. The second-order valence-electron chi connectivity index (χ2n) is 5.94. The summed E-state index contributed by atoms with van der Waals surface area (Å²) in [5, 5.41) is 9.87. The summed E-state index contributed by atoms with van der Waals surface area (Å²) in [5.41, 5.74) is 1.59. The van der Waals surface area contributed by atoms with Crippen LogP contribution in [0.4, 0.5) is 0 Å². The Morgan fingerprint density at radius 1 is 0.926 bits per heavy atom. The minimum atomic E-state index is -0.451. The maximum absolute atomic E-state index is 12.7. The molecule has 0 saturated heterocycles. The number of esters is 1. The van der Waals surface area contributed by atoms with Crippen molar-refractivity contribution in [2.45, 2.75) is 0 Å². The number of carbonyl (C=O) groups is 1. The van der Waals surface area contributed by atoms with E-state index in [-0.39, 0.29) is 11.2 Å². The first-order valence-electron chi connectivity index (χ1n) is 8.24. The Bertz CT molecular complexity index is 1170. The van der Waals surface area contributed by atoms with Crippen LogP contribution in [0.3, 0.4) is 0 Å². The van der Waals surface area contributed by atoms with Crippen molar-refractivity contribution in [1.29, 1.82) is 0 Å². The first kappa shape index (κ1) is 16.6. The van der Waals surface area contributed by atoms with E-state index in [0.717, 1.165) is 0 Å². The first-order chi connectivity index (χ1) is 13.1. The molecule has 0 fully saturated rings. The molecule has 0 saturated carbocycles. The smallest absolute Gasteiger partial charge is 0.343 e. The van der Waals surface area contributed by atoms with Gasteiger partial charge in [-0.15, -0.1) is 0 Å². The molecular formula is C22H14O5. The second-order valence-corrected chi connectivity index (χ2v) is 5.94. The molecule has 3 aromatic carbocycles. The van der Waals surface area contributed by atoms with Crippen LogP contribution in [0.2, 0.25) is 0 Å². The van der Waals surface area contributed by atoms with Crippen molar-refractivity contribution >= 4 is 16.9 Å². The summed E-state index contributed by atoms with van der Waals surface area (Å²) in [5.74, 6) is -0.0425. The highest BCUT2D eigenvalue weighted by atomic mass is 16.5. The summed E-state index contributed by atoms with van der Waals surface area (Å²) in [6.07, 6.45) is 1.36. The lowest BCUT2D eigenvalue weighted by molar-refractivity contribution is 0.0735. The van der Waals surface area contributed by atoms with Crippen LogP contribution in [0, 0.1) is 0 Å². The normalized spacial score (nSPS) is 10.7. The minimum Gasteiger partial charge on any atom is -0.508 e. The lowest BCUT2D eigenvalue weighted by Crippen LogP contribution is -2.08. The summed E-state index contributed by atoms with van der Waals surface area (Å²) in [6.45, 7) is 0. The van der Waals surface area contributed by atoms with Crippen molar-refractivity contribution in [3.05, 3.63) is 94.8 Å². The van der Waals surface area contributed by atoms with E-state index in [1.54, 1.807) is 48.5 Å². The number of benzene rings is 3. The largest absolute Gasteiger partial charge is 0.508 e. The van der Waals surface area contributed by atoms with Crippen molar-refractivity contribution in [3.8, 4) is 22.6 Å². The minimum absolute atomic E-state index is 0.0305. The molecule has 4 rings (SSSR count). The van der Waals surface area contributed by atoms with Crippen LogP contribution in [0.15, 0.2) is 88.3 Å². The molecule has 5 heteroatoms. The third-order valence-corrected chi connectivity index (χ3v) is 4.14. The standard InChI is InChI=1S/C22H14O5/c23-16-8-11-18-20(12-16)26-13-19(21(18)24)14-6-9-17(10-7-14)27-22(25)15-4-2-1-3-5-15/h1-13,23H. The summed E-state index contributed by atoms with van der Waals surface area (Å²) in [6, 6.07) is 19.7. The number of rotatable bonds is 3. The molecule has 0 aliphatic heterocycles. The van der Waals surface area contributed by atoms with Crippen molar-refractivity contribution in [3.63, 3.8) is 0 Å². The Kier molecular flexibility index (Phi) is 4.18. The van der Waals surface area contributed by atoms with Gasteiger partial charge in [-0.1, -0.05) is 30.3 Å². The van der Waals surface area contributed by atoms with Gasteiger partial charge in [0.2, 0.25) is 0 Å². The zero-order valence-electron chi connectivity index (χ0n) is 14.1. The van der Waals surface area contributed by atoms with Crippen molar-refractivity contribution < 1.29 is 19.1 Å². The highest BCUT2D eigenvalue weighted by molar-refractivity contribution is 5.91. The number of aromatic hydroxyl groups is 1. The number of hydrogen-bond acceptors (Lipinski definition) is 5. The maximum atomic E-state index is 12.7. The monoisotopic (exact) mass is 358 g/mol. The Hall–Kier alpha value is -3.86. The number of phenols is 1. The van der Waals surface area contributed by atoms with Crippen LogP contribution >= 0.6 is 0 Å². The number of ether oxygens (including phenoxy) is 1. The van der Waals surface area contributed by atoms with Gasteiger partial charge in [0, 0.05) is 6.07 Å². The zero-order valence-corrected chi connectivity index (χ0v) is 14.1. The quantitative estimate of drug-likeness (QED) is 0.434. The molecule has 5 nitrogen and oxygen atoms in total. The van der Waals surface area contributed by atoms with E-state index >= 15 is 0 Å². The van der Waals surface area contributed by atoms with Crippen molar-refractivity contribution in [2.75, 3.05) is 0 Å².